The zero-order chi connectivity index (χ0) is 11.4. The highest BCUT2D eigenvalue weighted by Crippen LogP contribution is 2.14. The molecule has 0 bridgehead atoms. The molecule has 1 atom stereocenters. The van der Waals surface area contributed by atoms with E-state index in [2.05, 4.69) is 46.2 Å². The molecule has 0 aromatic carbocycles. The van der Waals surface area contributed by atoms with E-state index in [4.69, 9.17) is 0 Å². The molecule has 0 fully saturated rings. The largest absolute Gasteiger partial charge is 0.346 e. The molecule has 3 heteroatoms. The highest BCUT2D eigenvalue weighted by Gasteiger charge is 2.07. The molecule has 2 heterocycles. The van der Waals surface area contributed by atoms with E-state index in [-0.39, 0.29) is 0 Å². The predicted molar refractivity (Wildman–Crippen MR) is 65.2 cm³/mol. The third kappa shape index (κ3) is 2.31. The Morgan fingerprint density at radius 1 is 1.38 bits per heavy atom. The lowest BCUT2D eigenvalue weighted by Crippen LogP contribution is -2.16. The summed E-state index contributed by atoms with van der Waals surface area (Å²) in [5.41, 5.74) is 2.52. The van der Waals surface area contributed by atoms with Crippen LogP contribution in [0.15, 0.2) is 42.9 Å². The van der Waals surface area contributed by atoms with Crippen LogP contribution in [-0.4, -0.2) is 16.6 Å². The number of rotatable bonds is 4. The molecule has 0 saturated carbocycles. The first-order valence-electron chi connectivity index (χ1n) is 5.52. The smallest absolute Gasteiger partial charge is 0.0488 e. The standard InChI is InChI=1S/C13H17N3/c1-11(14-2)13-6-4-8-16(13)10-12-5-3-7-15-9-12/h3-9,11,14H,10H2,1-2H3. The molecule has 0 aliphatic heterocycles. The molecule has 84 valence electrons. The van der Waals surface area contributed by atoms with Gasteiger partial charge in [0.25, 0.3) is 0 Å². The third-order valence-corrected chi connectivity index (χ3v) is 2.82. The maximum atomic E-state index is 4.13. The van der Waals surface area contributed by atoms with E-state index >= 15 is 0 Å². The van der Waals surface area contributed by atoms with Gasteiger partial charge in [0.2, 0.25) is 0 Å². The molecule has 1 N–H and O–H groups in total. The molecule has 2 rings (SSSR count). The Labute approximate surface area is 96.1 Å². The Morgan fingerprint density at radius 3 is 2.94 bits per heavy atom. The normalized spacial score (nSPS) is 12.6. The minimum atomic E-state index is 0.367. The van der Waals surface area contributed by atoms with Crippen molar-refractivity contribution >= 4 is 0 Å². The molecule has 2 aromatic rings. The Balaban J connectivity index is 2.19. The minimum absolute atomic E-state index is 0.367. The summed E-state index contributed by atoms with van der Waals surface area (Å²) in [6.45, 7) is 3.04. The van der Waals surface area contributed by atoms with Crippen LogP contribution in [0.2, 0.25) is 0 Å². The van der Waals surface area contributed by atoms with E-state index in [1.807, 2.05) is 19.3 Å². The van der Waals surface area contributed by atoms with E-state index in [9.17, 15) is 0 Å². The molecule has 0 saturated heterocycles. The molecule has 16 heavy (non-hydrogen) atoms. The summed E-state index contributed by atoms with van der Waals surface area (Å²) in [5.74, 6) is 0. The van der Waals surface area contributed by atoms with Gasteiger partial charge in [-0.05, 0) is 37.7 Å². The zero-order valence-electron chi connectivity index (χ0n) is 9.72. The van der Waals surface area contributed by atoms with Gasteiger partial charge in [0.1, 0.15) is 0 Å². The van der Waals surface area contributed by atoms with Crippen molar-refractivity contribution in [2.24, 2.45) is 0 Å². The van der Waals surface area contributed by atoms with Crippen molar-refractivity contribution < 1.29 is 0 Å². The topological polar surface area (TPSA) is 29.9 Å². The number of pyridine rings is 1. The quantitative estimate of drug-likeness (QED) is 0.847. The first-order chi connectivity index (χ1) is 7.81. The van der Waals surface area contributed by atoms with Crippen LogP contribution >= 0.6 is 0 Å². The van der Waals surface area contributed by atoms with E-state index in [1.165, 1.54) is 11.3 Å². The molecule has 0 radical (unpaired) electrons. The number of hydrogen-bond donors (Lipinski definition) is 1. The van der Waals surface area contributed by atoms with Gasteiger partial charge in [0, 0.05) is 36.9 Å². The molecule has 0 aliphatic rings. The van der Waals surface area contributed by atoms with Crippen molar-refractivity contribution in [1.29, 1.82) is 0 Å². The second-order valence-electron chi connectivity index (χ2n) is 3.93. The van der Waals surface area contributed by atoms with Gasteiger partial charge < -0.3 is 9.88 Å². The molecule has 0 aliphatic carbocycles. The summed E-state index contributed by atoms with van der Waals surface area (Å²) in [6, 6.07) is 8.67. The average molecular weight is 215 g/mol. The van der Waals surface area contributed by atoms with Crippen LogP contribution in [0.4, 0.5) is 0 Å². The molecule has 0 spiro atoms. The van der Waals surface area contributed by atoms with E-state index in [0.717, 1.165) is 6.54 Å². The summed E-state index contributed by atoms with van der Waals surface area (Å²) in [7, 11) is 1.98. The van der Waals surface area contributed by atoms with Gasteiger partial charge in [0.05, 0.1) is 0 Å². The highest BCUT2D eigenvalue weighted by molar-refractivity contribution is 5.16. The Hall–Kier alpha value is -1.61. The summed E-state index contributed by atoms with van der Waals surface area (Å²) in [5, 5.41) is 3.26. The number of hydrogen-bond acceptors (Lipinski definition) is 2. The van der Waals surface area contributed by atoms with Crippen LogP contribution in [0.25, 0.3) is 0 Å². The summed E-state index contributed by atoms with van der Waals surface area (Å²) >= 11 is 0. The van der Waals surface area contributed by atoms with Gasteiger partial charge >= 0.3 is 0 Å². The monoisotopic (exact) mass is 215 g/mol. The van der Waals surface area contributed by atoms with E-state index < -0.39 is 0 Å². The number of nitrogens with one attached hydrogen (secondary N) is 1. The first kappa shape index (κ1) is 10.9. The average Bonchev–Trinajstić information content (AvgIpc) is 2.77. The second-order valence-corrected chi connectivity index (χ2v) is 3.93. The molecule has 1 unspecified atom stereocenters. The Bertz CT molecular complexity index is 433. The van der Waals surface area contributed by atoms with Gasteiger partial charge in [0.15, 0.2) is 0 Å². The van der Waals surface area contributed by atoms with Gasteiger partial charge in [-0.25, -0.2) is 0 Å². The van der Waals surface area contributed by atoms with Crippen molar-refractivity contribution in [3.63, 3.8) is 0 Å². The molecular weight excluding hydrogens is 198 g/mol. The van der Waals surface area contributed by atoms with Crippen LogP contribution in [0.3, 0.4) is 0 Å². The zero-order valence-corrected chi connectivity index (χ0v) is 9.72. The molecule has 2 aromatic heterocycles. The van der Waals surface area contributed by atoms with Gasteiger partial charge in [-0.3, -0.25) is 4.98 Å². The van der Waals surface area contributed by atoms with Crippen LogP contribution in [0.1, 0.15) is 24.2 Å². The van der Waals surface area contributed by atoms with Gasteiger partial charge in [-0.1, -0.05) is 6.07 Å². The van der Waals surface area contributed by atoms with Crippen molar-refractivity contribution in [2.45, 2.75) is 19.5 Å². The molecule has 3 nitrogen and oxygen atoms in total. The van der Waals surface area contributed by atoms with Crippen molar-refractivity contribution in [2.75, 3.05) is 7.05 Å². The summed E-state index contributed by atoms with van der Waals surface area (Å²) < 4.78 is 2.25. The van der Waals surface area contributed by atoms with Crippen molar-refractivity contribution in [3.05, 3.63) is 54.1 Å². The SMILES string of the molecule is CNC(C)c1cccn1Cc1cccnc1. The van der Waals surface area contributed by atoms with Gasteiger partial charge in [-0.2, -0.15) is 0 Å². The predicted octanol–water partition coefficient (Wildman–Crippen LogP) is 2.21. The summed E-state index contributed by atoms with van der Waals surface area (Å²) in [4.78, 5) is 4.13. The maximum absolute atomic E-state index is 4.13. The second kappa shape index (κ2) is 4.94. The van der Waals surface area contributed by atoms with Crippen molar-refractivity contribution in [3.8, 4) is 0 Å². The van der Waals surface area contributed by atoms with E-state index in [1.54, 1.807) is 6.20 Å². The fraction of sp³-hybridized carbons (Fsp3) is 0.308. The molecular formula is C13H17N3. The first-order valence-corrected chi connectivity index (χ1v) is 5.52. The fourth-order valence-corrected chi connectivity index (χ4v) is 1.80. The van der Waals surface area contributed by atoms with Crippen LogP contribution < -0.4 is 5.32 Å². The van der Waals surface area contributed by atoms with Crippen LogP contribution in [-0.2, 0) is 6.54 Å². The van der Waals surface area contributed by atoms with Crippen molar-refractivity contribution in [1.82, 2.24) is 14.9 Å². The lowest BCUT2D eigenvalue weighted by Gasteiger charge is -2.14. The van der Waals surface area contributed by atoms with Crippen LogP contribution in [0.5, 0.6) is 0 Å². The molecule has 0 amide bonds. The lowest BCUT2D eigenvalue weighted by atomic mass is 10.2. The minimum Gasteiger partial charge on any atom is -0.346 e. The highest BCUT2D eigenvalue weighted by atomic mass is 15.0. The lowest BCUT2D eigenvalue weighted by molar-refractivity contribution is 0.589. The van der Waals surface area contributed by atoms with Crippen LogP contribution in [0, 0.1) is 0 Å². The third-order valence-electron chi connectivity index (χ3n) is 2.82. The number of nitrogens with zero attached hydrogens (tertiary/aromatic N) is 2. The van der Waals surface area contributed by atoms with Gasteiger partial charge in [-0.15, -0.1) is 0 Å². The number of aromatic nitrogens is 2. The maximum Gasteiger partial charge on any atom is 0.0488 e. The van der Waals surface area contributed by atoms with E-state index in [0.29, 0.717) is 6.04 Å². The fourth-order valence-electron chi connectivity index (χ4n) is 1.80. The Morgan fingerprint density at radius 2 is 2.25 bits per heavy atom. The Kier molecular flexibility index (Phi) is 3.37. The summed E-state index contributed by atoms with van der Waals surface area (Å²) in [6.07, 6.45) is 5.82.